The molecule has 1 rings (SSSR count). The standard InChI is InChI=1S/C10H12N2O3.ClH/c1-7(11-8(2)13)9-3-5-10(6-4-9)12(14)15;/h3-7H,1-2H3,(H,11,13);1H. The number of halogens is 1. The van der Waals surface area contributed by atoms with Gasteiger partial charge in [0.1, 0.15) is 0 Å². The zero-order valence-electron chi connectivity index (χ0n) is 8.97. The van der Waals surface area contributed by atoms with Gasteiger partial charge < -0.3 is 5.32 Å². The fourth-order valence-corrected chi connectivity index (χ4v) is 1.27. The van der Waals surface area contributed by atoms with Crippen molar-refractivity contribution in [3.63, 3.8) is 0 Å². The van der Waals surface area contributed by atoms with Crippen LogP contribution in [0.4, 0.5) is 5.69 Å². The maximum Gasteiger partial charge on any atom is 0.269 e. The fraction of sp³-hybridized carbons (Fsp3) is 0.300. The number of non-ortho nitro benzene ring substituents is 1. The zero-order valence-corrected chi connectivity index (χ0v) is 9.78. The predicted octanol–water partition coefficient (Wildman–Crippen LogP) is 2.21. The molecule has 5 nitrogen and oxygen atoms in total. The largest absolute Gasteiger partial charge is 0.350 e. The molecule has 0 aliphatic heterocycles. The van der Waals surface area contributed by atoms with Crippen LogP contribution in [0, 0.1) is 10.1 Å². The Labute approximate surface area is 99.4 Å². The molecule has 0 aromatic heterocycles. The fourth-order valence-electron chi connectivity index (χ4n) is 1.27. The summed E-state index contributed by atoms with van der Waals surface area (Å²) in [4.78, 5) is 20.7. The quantitative estimate of drug-likeness (QED) is 0.655. The number of hydrogen-bond donors (Lipinski definition) is 1. The highest BCUT2D eigenvalue weighted by Crippen LogP contribution is 2.17. The number of carbonyl (C=O) groups is 1. The Morgan fingerprint density at radius 3 is 2.25 bits per heavy atom. The third-order valence-electron chi connectivity index (χ3n) is 2.02. The number of amides is 1. The van der Waals surface area contributed by atoms with E-state index in [1.165, 1.54) is 19.1 Å². The first-order valence-electron chi connectivity index (χ1n) is 4.52. The summed E-state index contributed by atoms with van der Waals surface area (Å²) in [7, 11) is 0. The van der Waals surface area contributed by atoms with E-state index in [1.54, 1.807) is 12.1 Å². The van der Waals surface area contributed by atoms with E-state index in [2.05, 4.69) is 5.32 Å². The monoisotopic (exact) mass is 244 g/mol. The number of nitro benzene ring substituents is 1. The SMILES string of the molecule is CC(=O)NC(C)c1ccc([N+](=O)[O-])cc1.Cl. The van der Waals surface area contributed by atoms with Crippen molar-refractivity contribution in [1.29, 1.82) is 0 Å². The van der Waals surface area contributed by atoms with Crippen LogP contribution in [0.5, 0.6) is 0 Å². The van der Waals surface area contributed by atoms with Crippen molar-refractivity contribution in [1.82, 2.24) is 5.32 Å². The molecule has 0 saturated carbocycles. The van der Waals surface area contributed by atoms with Gasteiger partial charge in [0, 0.05) is 19.1 Å². The van der Waals surface area contributed by atoms with Gasteiger partial charge in [0.05, 0.1) is 11.0 Å². The van der Waals surface area contributed by atoms with Crippen molar-refractivity contribution >= 4 is 24.0 Å². The number of carbonyl (C=O) groups excluding carboxylic acids is 1. The molecule has 0 saturated heterocycles. The van der Waals surface area contributed by atoms with Crippen LogP contribution in [0.15, 0.2) is 24.3 Å². The minimum atomic E-state index is -0.452. The van der Waals surface area contributed by atoms with Gasteiger partial charge in [0.25, 0.3) is 5.69 Å². The highest BCUT2D eigenvalue weighted by atomic mass is 35.5. The summed E-state index contributed by atoms with van der Waals surface area (Å²) in [5.41, 5.74) is 0.893. The Morgan fingerprint density at radius 2 is 1.88 bits per heavy atom. The van der Waals surface area contributed by atoms with E-state index < -0.39 is 4.92 Å². The summed E-state index contributed by atoms with van der Waals surface area (Å²) in [5, 5.41) is 13.1. The van der Waals surface area contributed by atoms with Crippen molar-refractivity contribution in [2.45, 2.75) is 19.9 Å². The number of hydrogen-bond acceptors (Lipinski definition) is 3. The van der Waals surface area contributed by atoms with Gasteiger partial charge in [-0.25, -0.2) is 0 Å². The molecule has 1 aromatic rings. The Hall–Kier alpha value is -1.62. The number of nitrogens with one attached hydrogen (secondary N) is 1. The van der Waals surface area contributed by atoms with E-state index in [-0.39, 0.29) is 30.0 Å². The number of rotatable bonds is 3. The molecule has 16 heavy (non-hydrogen) atoms. The number of benzene rings is 1. The molecule has 0 radical (unpaired) electrons. The first kappa shape index (κ1) is 14.4. The van der Waals surface area contributed by atoms with Crippen LogP contribution in [-0.2, 0) is 4.79 Å². The Balaban J connectivity index is 0.00000225. The molecule has 1 amide bonds. The summed E-state index contributed by atoms with van der Waals surface area (Å²) < 4.78 is 0. The average molecular weight is 245 g/mol. The summed E-state index contributed by atoms with van der Waals surface area (Å²) in [6.07, 6.45) is 0. The van der Waals surface area contributed by atoms with Crippen LogP contribution in [0.25, 0.3) is 0 Å². The van der Waals surface area contributed by atoms with Crippen LogP contribution in [0.1, 0.15) is 25.5 Å². The first-order valence-corrected chi connectivity index (χ1v) is 4.52. The third kappa shape index (κ3) is 3.86. The Bertz CT molecular complexity index is 378. The number of nitro groups is 1. The molecule has 88 valence electrons. The minimum absolute atomic E-state index is 0. The highest BCUT2D eigenvalue weighted by Gasteiger charge is 2.09. The zero-order chi connectivity index (χ0) is 11.4. The van der Waals surface area contributed by atoms with E-state index >= 15 is 0 Å². The van der Waals surface area contributed by atoms with Crippen molar-refractivity contribution in [3.8, 4) is 0 Å². The van der Waals surface area contributed by atoms with Crippen molar-refractivity contribution < 1.29 is 9.72 Å². The molecule has 0 fully saturated rings. The third-order valence-corrected chi connectivity index (χ3v) is 2.02. The molecule has 1 unspecified atom stereocenters. The molecule has 1 atom stereocenters. The lowest BCUT2D eigenvalue weighted by atomic mass is 10.1. The number of nitrogens with zero attached hydrogens (tertiary/aromatic N) is 1. The Morgan fingerprint density at radius 1 is 1.38 bits per heavy atom. The van der Waals surface area contributed by atoms with E-state index in [9.17, 15) is 14.9 Å². The van der Waals surface area contributed by atoms with Gasteiger partial charge in [-0.2, -0.15) is 0 Å². The van der Waals surface area contributed by atoms with Crippen LogP contribution in [0.2, 0.25) is 0 Å². The summed E-state index contributed by atoms with van der Waals surface area (Å²) in [6.45, 7) is 3.25. The lowest BCUT2D eigenvalue weighted by Crippen LogP contribution is -2.23. The van der Waals surface area contributed by atoms with Crippen molar-refractivity contribution in [2.75, 3.05) is 0 Å². The van der Waals surface area contributed by atoms with Gasteiger partial charge >= 0.3 is 0 Å². The van der Waals surface area contributed by atoms with Gasteiger partial charge in [0.15, 0.2) is 0 Å². The highest BCUT2D eigenvalue weighted by molar-refractivity contribution is 5.85. The second kappa shape index (κ2) is 6.07. The maximum atomic E-state index is 10.8. The van der Waals surface area contributed by atoms with E-state index in [4.69, 9.17) is 0 Å². The van der Waals surface area contributed by atoms with E-state index in [0.717, 1.165) is 5.56 Å². The second-order valence-corrected chi connectivity index (χ2v) is 3.27. The molecule has 1 aromatic carbocycles. The normalized spacial score (nSPS) is 11.1. The smallest absolute Gasteiger partial charge is 0.269 e. The van der Waals surface area contributed by atoms with Crippen LogP contribution in [-0.4, -0.2) is 10.8 Å². The molecule has 0 aliphatic rings. The molecular weight excluding hydrogens is 232 g/mol. The van der Waals surface area contributed by atoms with Crippen molar-refractivity contribution in [3.05, 3.63) is 39.9 Å². The van der Waals surface area contributed by atoms with Crippen LogP contribution in [0.3, 0.4) is 0 Å². The van der Waals surface area contributed by atoms with Crippen LogP contribution >= 0.6 is 12.4 Å². The van der Waals surface area contributed by atoms with Gasteiger partial charge in [-0.3, -0.25) is 14.9 Å². The van der Waals surface area contributed by atoms with Gasteiger partial charge in [-0.1, -0.05) is 12.1 Å². The molecular formula is C10H13ClN2O3. The average Bonchev–Trinajstić information content (AvgIpc) is 2.17. The first-order chi connectivity index (χ1) is 7.00. The lowest BCUT2D eigenvalue weighted by molar-refractivity contribution is -0.384. The maximum absolute atomic E-state index is 10.8. The summed E-state index contributed by atoms with van der Waals surface area (Å²) >= 11 is 0. The van der Waals surface area contributed by atoms with E-state index in [0.29, 0.717) is 0 Å². The molecule has 0 spiro atoms. The molecule has 0 heterocycles. The summed E-state index contributed by atoms with van der Waals surface area (Å²) in [5.74, 6) is -0.124. The van der Waals surface area contributed by atoms with Gasteiger partial charge in [0.2, 0.25) is 5.91 Å². The Kier molecular flexibility index (Phi) is 5.46. The molecule has 0 bridgehead atoms. The van der Waals surface area contributed by atoms with E-state index in [1.807, 2.05) is 6.92 Å². The van der Waals surface area contributed by atoms with Gasteiger partial charge in [-0.05, 0) is 12.5 Å². The topological polar surface area (TPSA) is 72.2 Å². The predicted molar refractivity (Wildman–Crippen MR) is 62.6 cm³/mol. The molecule has 1 N–H and O–H groups in total. The lowest BCUT2D eigenvalue weighted by Gasteiger charge is -2.12. The molecule has 0 aliphatic carbocycles. The van der Waals surface area contributed by atoms with Crippen molar-refractivity contribution in [2.24, 2.45) is 0 Å². The summed E-state index contributed by atoms with van der Waals surface area (Å²) in [6, 6.07) is 5.99. The van der Waals surface area contributed by atoms with Crippen LogP contribution < -0.4 is 5.32 Å². The van der Waals surface area contributed by atoms with Gasteiger partial charge in [-0.15, -0.1) is 12.4 Å². The molecule has 6 heteroatoms. The second-order valence-electron chi connectivity index (χ2n) is 3.27. The minimum Gasteiger partial charge on any atom is -0.350 e.